The second-order valence-corrected chi connectivity index (χ2v) is 4.94. The largest absolute Gasteiger partial charge is 0.441 e. The van der Waals surface area contributed by atoms with Crippen molar-refractivity contribution >= 4 is 11.1 Å². The summed E-state index contributed by atoms with van der Waals surface area (Å²) in [5.74, 6) is 0.817. The third-order valence-corrected chi connectivity index (χ3v) is 3.32. The molecule has 3 nitrogen and oxygen atoms in total. The van der Waals surface area contributed by atoms with Crippen molar-refractivity contribution in [2.75, 3.05) is 0 Å². The maximum atomic E-state index is 6.04. The number of hydrogen-bond donors (Lipinski definition) is 1. The summed E-state index contributed by atoms with van der Waals surface area (Å²) < 4.78 is 5.68. The van der Waals surface area contributed by atoms with E-state index in [9.17, 15) is 0 Å². The van der Waals surface area contributed by atoms with Gasteiger partial charge in [-0.25, -0.2) is 4.98 Å². The summed E-state index contributed by atoms with van der Waals surface area (Å²) in [6, 6.07) is 6.08. The van der Waals surface area contributed by atoms with Gasteiger partial charge in [-0.05, 0) is 43.9 Å². The van der Waals surface area contributed by atoms with Gasteiger partial charge in [-0.15, -0.1) is 0 Å². The lowest BCUT2D eigenvalue weighted by Gasteiger charge is -2.04. The number of nitrogens with zero attached hydrogens (tertiary/aromatic N) is 1. The molecule has 3 heteroatoms. The first-order valence-corrected chi connectivity index (χ1v) is 5.80. The van der Waals surface area contributed by atoms with Gasteiger partial charge < -0.3 is 10.2 Å². The number of benzene rings is 1. The van der Waals surface area contributed by atoms with Crippen LogP contribution < -0.4 is 5.73 Å². The fraction of sp³-hybridized carbons (Fsp3) is 0.462. The summed E-state index contributed by atoms with van der Waals surface area (Å²) in [6.45, 7) is 2.06. The molecule has 0 aliphatic heterocycles. The number of aryl methyl sites for hydroxylation is 2. The third kappa shape index (κ3) is 1.83. The van der Waals surface area contributed by atoms with E-state index in [-0.39, 0.29) is 5.54 Å². The van der Waals surface area contributed by atoms with E-state index < -0.39 is 0 Å². The van der Waals surface area contributed by atoms with Crippen LogP contribution in [0.4, 0.5) is 0 Å². The van der Waals surface area contributed by atoms with Crippen LogP contribution in [0, 0.1) is 6.92 Å². The number of rotatable bonds is 3. The predicted molar refractivity (Wildman–Crippen MR) is 63.2 cm³/mol. The van der Waals surface area contributed by atoms with Gasteiger partial charge in [-0.1, -0.05) is 6.07 Å². The summed E-state index contributed by atoms with van der Waals surface area (Å²) in [5.41, 5.74) is 9.17. The predicted octanol–water partition coefficient (Wildman–Crippen LogP) is 2.56. The van der Waals surface area contributed by atoms with Crippen LogP contribution in [0.3, 0.4) is 0 Å². The number of nitrogens with two attached hydrogens (primary N) is 1. The van der Waals surface area contributed by atoms with Crippen molar-refractivity contribution in [3.63, 3.8) is 0 Å². The van der Waals surface area contributed by atoms with Crippen molar-refractivity contribution < 1.29 is 4.42 Å². The van der Waals surface area contributed by atoms with E-state index in [1.165, 1.54) is 5.56 Å². The van der Waals surface area contributed by atoms with Crippen LogP contribution in [0.1, 0.15) is 30.7 Å². The summed E-state index contributed by atoms with van der Waals surface area (Å²) in [4.78, 5) is 4.48. The monoisotopic (exact) mass is 216 g/mol. The first-order valence-electron chi connectivity index (χ1n) is 5.80. The summed E-state index contributed by atoms with van der Waals surface area (Å²) in [7, 11) is 0. The molecule has 1 saturated carbocycles. The lowest BCUT2D eigenvalue weighted by molar-refractivity contribution is 0.491. The van der Waals surface area contributed by atoms with Crippen LogP contribution in [0.2, 0.25) is 0 Å². The zero-order valence-corrected chi connectivity index (χ0v) is 9.49. The molecule has 0 atom stereocenters. The van der Waals surface area contributed by atoms with Crippen LogP contribution >= 0.6 is 0 Å². The molecule has 16 heavy (non-hydrogen) atoms. The van der Waals surface area contributed by atoms with E-state index in [1.807, 2.05) is 12.1 Å². The molecule has 1 aromatic carbocycles. The van der Waals surface area contributed by atoms with Gasteiger partial charge >= 0.3 is 0 Å². The highest BCUT2D eigenvalue weighted by atomic mass is 16.3. The molecule has 2 aromatic rings. The highest BCUT2D eigenvalue weighted by molar-refractivity contribution is 5.73. The SMILES string of the molecule is Cc1ccc2oc(CCC3(N)CC3)nc2c1. The van der Waals surface area contributed by atoms with E-state index in [0.29, 0.717) is 0 Å². The van der Waals surface area contributed by atoms with Crippen LogP contribution in [-0.4, -0.2) is 10.5 Å². The van der Waals surface area contributed by atoms with E-state index >= 15 is 0 Å². The zero-order valence-electron chi connectivity index (χ0n) is 9.49. The Morgan fingerprint density at radius 1 is 1.44 bits per heavy atom. The zero-order chi connectivity index (χ0) is 11.2. The van der Waals surface area contributed by atoms with Gasteiger partial charge in [0.05, 0.1) is 0 Å². The quantitative estimate of drug-likeness (QED) is 0.857. The molecule has 0 spiro atoms. The number of aromatic nitrogens is 1. The fourth-order valence-corrected chi connectivity index (χ4v) is 1.96. The molecule has 84 valence electrons. The molecule has 1 aliphatic rings. The van der Waals surface area contributed by atoms with Crippen LogP contribution in [0.25, 0.3) is 11.1 Å². The van der Waals surface area contributed by atoms with Gasteiger partial charge in [-0.3, -0.25) is 0 Å². The molecule has 1 aliphatic carbocycles. The maximum Gasteiger partial charge on any atom is 0.195 e. The number of oxazole rings is 1. The van der Waals surface area contributed by atoms with Gasteiger partial charge in [0.2, 0.25) is 0 Å². The number of hydrogen-bond acceptors (Lipinski definition) is 3. The highest BCUT2D eigenvalue weighted by Gasteiger charge is 2.37. The third-order valence-electron chi connectivity index (χ3n) is 3.32. The van der Waals surface area contributed by atoms with E-state index in [4.69, 9.17) is 10.2 Å². The highest BCUT2D eigenvalue weighted by Crippen LogP contribution is 2.36. The standard InChI is InChI=1S/C13H16N2O/c1-9-2-3-11-10(8-9)15-12(16-11)4-5-13(14)6-7-13/h2-3,8H,4-7,14H2,1H3. The Morgan fingerprint density at radius 2 is 2.25 bits per heavy atom. The van der Waals surface area contributed by atoms with Crippen molar-refractivity contribution in [1.82, 2.24) is 4.98 Å². The van der Waals surface area contributed by atoms with Gasteiger partial charge in [0, 0.05) is 12.0 Å². The Kier molecular flexibility index (Phi) is 2.04. The lowest BCUT2D eigenvalue weighted by atomic mass is 10.1. The Bertz CT molecular complexity index is 526. The Morgan fingerprint density at radius 3 is 3.00 bits per heavy atom. The first-order chi connectivity index (χ1) is 7.65. The molecular weight excluding hydrogens is 200 g/mol. The number of fused-ring (bicyclic) bond motifs is 1. The fourth-order valence-electron chi connectivity index (χ4n) is 1.96. The summed E-state index contributed by atoms with van der Waals surface area (Å²) in [5, 5.41) is 0. The molecule has 1 aromatic heterocycles. The summed E-state index contributed by atoms with van der Waals surface area (Å²) in [6.07, 6.45) is 4.13. The normalized spacial score (nSPS) is 17.9. The van der Waals surface area contributed by atoms with Crippen LogP contribution in [0.5, 0.6) is 0 Å². The van der Waals surface area contributed by atoms with E-state index in [0.717, 1.165) is 42.7 Å². The second-order valence-electron chi connectivity index (χ2n) is 4.94. The van der Waals surface area contributed by atoms with Crippen molar-refractivity contribution in [2.24, 2.45) is 5.73 Å². The van der Waals surface area contributed by atoms with Gasteiger partial charge in [-0.2, -0.15) is 0 Å². The molecule has 0 bridgehead atoms. The minimum atomic E-state index is 0.0799. The molecule has 0 amide bonds. The van der Waals surface area contributed by atoms with Gasteiger partial charge in [0.1, 0.15) is 5.52 Å². The Labute approximate surface area is 94.7 Å². The molecule has 2 N–H and O–H groups in total. The smallest absolute Gasteiger partial charge is 0.195 e. The van der Waals surface area contributed by atoms with Crippen LogP contribution in [-0.2, 0) is 6.42 Å². The van der Waals surface area contributed by atoms with Crippen molar-refractivity contribution in [3.05, 3.63) is 29.7 Å². The minimum Gasteiger partial charge on any atom is -0.441 e. The maximum absolute atomic E-state index is 6.04. The van der Waals surface area contributed by atoms with Gasteiger partial charge in [0.25, 0.3) is 0 Å². The van der Waals surface area contributed by atoms with Crippen molar-refractivity contribution in [3.8, 4) is 0 Å². The van der Waals surface area contributed by atoms with Crippen molar-refractivity contribution in [2.45, 2.75) is 38.1 Å². The topological polar surface area (TPSA) is 52.0 Å². The summed E-state index contributed by atoms with van der Waals surface area (Å²) >= 11 is 0. The molecule has 0 unspecified atom stereocenters. The van der Waals surface area contributed by atoms with Crippen LogP contribution in [0.15, 0.2) is 22.6 Å². The molecule has 0 saturated heterocycles. The van der Waals surface area contributed by atoms with E-state index in [1.54, 1.807) is 0 Å². The molecule has 3 rings (SSSR count). The Hall–Kier alpha value is -1.35. The molecule has 0 radical (unpaired) electrons. The average molecular weight is 216 g/mol. The lowest BCUT2D eigenvalue weighted by Crippen LogP contribution is -2.22. The average Bonchev–Trinajstić information content (AvgIpc) is 2.85. The first kappa shape index (κ1) is 9.85. The van der Waals surface area contributed by atoms with Gasteiger partial charge in [0.15, 0.2) is 11.5 Å². The van der Waals surface area contributed by atoms with Crippen molar-refractivity contribution in [1.29, 1.82) is 0 Å². The minimum absolute atomic E-state index is 0.0799. The molecule has 1 fully saturated rings. The Balaban J connectivity index is 1.82. The van der Waals surface area contributed by atoms with E-state index in [2.05, 4.69) is 18.0 Å². The molecular formula is C13H16N2O. The molecule has 1 heterocycles. The second kappa shape index (κ2) is 3.32.